The fraction of sp³-hybridized carbons (Fsp3) is 0.300. The van der Waals surface area contributed by atoms with Gasteiger partial charge in [0.25, 0.3) is 0 Å². The number of hydrogen-bond acceptors (Lipinski definition) is 2. The number of benzene rings is 1. The number of anilines is 1. The molecular weight excluding hydrogens is 221 g/mol. The van der Waals surface area contributed by atoms with Gasteiger partial charge in [0.1, 0.15) is 0 Å². The second-order valence-corrected chi connectivity index (χ2v) is 3.42. The summed E-state index contributed by atoms with van der Waals surface area (Å²) in [5.41, 5.74) is -0.878. The van der Waals surface area contributed by atoms with Crippen molar-refractivity contribution in [2.75, 3.05) is 18.1 Å². The van der Waals surface area contributed by atoms with Gasteiger partial charge in [0.2, 0.25) is 5.91 Å². The first-order valence-corrected chi connectivity index (χ1v) is 4.67. The first-order valence-electron chi connectivity index (χ1n) is 4.67. The lowest BCUT2D eigenvalue weighted by molar-refractivity contribution is -0.137. The number of nitrogens with zero attached hydrogens (tertiary/aromatic N) is 1. The molecule has 0 atom stereocenters. The summed E-state index contributed by atoms with van der Waals surface area (Å²) < 4.78 is 38.0. The van der Waals surface area contributed by atoms with Crippen LogP contribution in [0.1, 0.15) is 5.56 Å². The summed E-state index contributed by atoms with van der Waals surface area (Å²) in [4.78, 5) is 12.5. The molecule has 1 heterocycles. The van der Waals surface area contributed by atoms with Crippen molar-refractivity contribution in [1.82, 2.24) is 5.32 Å². The minimum absolute atomic E-state index is 0.0756. The first-order chi connectivity index (χ1) is 7.50. The molecule has 1 N–H and O–H groups in total. The highest BCUT2D eigenvalue weighted by atomic mass is 19.4. The number of halogens is 3. The van der Waals surface area contributed by atoms with Gasteiger partial charge in [-0.25, -0.2) is 0 Å². The Morgan fingerprint density at radius 3 is 2.50 bits per heavy atom. The predicted octanol–water partition coefficient (Wildman–Crippen LogP) is 1.60. The van der Waals surface area contributed by atoms with E-state index >= 15 is 0 Å². The van der Waals surface area contributed by atoms with E-state index in [-0.39, 0.29) is 24.8 Å². The Balaban J connectivity index is 2.44. The van der Waals surface area contributed by atoms with Gasteiger partial charge in [0, 0.05) is 0 Å². The highest BCUT2D eigenvalue weighted by molar-refractivity contribution is 5.97. The normalized spacial score (nSPS) is 16.9. The van der Waals surface area contributed by atoms with Gasteiger partial charge >= 0.3 is 6.18 Å². The van der Waals surface area contributed by atoms with Crippen molar-refractivity contribution in [1.29, 1.82) is 0 Å². The molecule has 2 rings (SSSR count). The molecule has 1 aliphatic rings. The van der Waals surface area contributed by atoms with E-state index in [9.17, 15) is 18.0 Å². The maximum Gasteiger partial charge on any atom is 0.418 e. The summed E-state index contributed by atoms with van der Waals surface area (Å²) >= 11 is 0. The van der Waals surface area contributed by atoms with Crippen LogP contribution in [-0.2, 0) is 11.0 Å². The van der Waals surface area contributed by atoms with Crippen molar-refractivity contribution in [2.24, 2.45) is 0 Å². The number of carbonyl (C=O) groups is 1. The number of rotatable bonds is 1. The van der Waals surface area contributed by atoms with Crippen LogP contribution in [-0.4, -0.2) is 19.1 Å². The average molecular weight is 230 g/mol. The molecule has 1 aliphatic heterocycles. The fourth-order valence-corrected chi connectivity index (χ4v) is 1.63. The largest absolute Gasteiger partial charge is 0.418 e. The zero-order chi connectivity index (χ0) is 11.8. The topological polar surface area (TPSA) is 32.3 Å². The SMILES string of the molecule is O=C1CNCN1c1ccccc1C(F)(F)F. The average Bonchev–Trinajstić information content (AvgIpc) is 2.63. The third-order valence-electron chi connectivity index (χ3n) is 2.35. The Morgan fingerprint density at radius 1 is 1.25 bits per heavy atom. The highest BCUT2D eigenvalue weighted by Crippen LogP contribution is 2.36. The van der Waals surface area contributed by atoms with Gasteiger partial charge in [0.05, 0.1) is 24.5 Å². The van der Waals surface area contributed by atoms with E-state index in [1.165, 1.54) is 18.2 Å². The number of nitrogens with one attached hydrogen (secondary N) is 1. The van der Waals surface area contributed by atoms with E-state index in [4.69, 9.17) is 0 Å². The van der Waals surface area contributed by atoms with E-state index < -0.39 is 11.7 Å². The molecule has 6 heteroatoms. The summed E-state index contributed by atoms with van der Waals surface area (Å²) in [7, 11) is 0. The zero-order valence-electron chi connectivity index (χ0n) is 8.21. The van der Waals surface area contributed by atoms with Crippen LogP contribution >= 0.6 is 0 Å². The first kappa shape index (κ1) is 10.9. The lowest BCUT2D eigenvalue weighted by atomic mass is 10.1. The number of carbonyl (C=O) groups excluding carboxylic acids is 1. The molecule has 16 heavy (non-hydrogen) atoms. The molecule has 0 saturated carbocycles. The molecule has 1 aromatic rings. The molecule has 0 spiro atoms. The molecule has 1 aromatic carbocycles. The van der Waals surface area contributed by atoms with Crippen LogP contribution in [0.2, 0.25) is 0 Å². The molecule has 0 bridgehead atoms. The Kier molecular flexibility index (Phi) is 2.59. The summed E-state index contributed by atoms with van der Waals surface area (Å²) in [5, 5.41) is 2.71. The summed E-state index contributed by atoms with van der Waals surface area (Å²) in [6.45, 7) is 0.193. The summed E-state index contributed by atoms with van der Waals surface area (Å²) in [6, 6.07) is 5.06. The van der Waals surface area contributed by atoms with Crippen molar-refractivity contribution in [3.8, 4) is 0 Å². The minimum atomic E-state index is -4.44. The van der Waals surface area contributed by atoms with Crippen molar-refractivity contribution >= 4 is 11.6 Å². The smallest absolute Gasteiger partial charge is 0.297 e. The maximum absolute atomic E-state index is 12.7. The van der Waals surface area contributed by atoms with Gasteiger partial charge in [-0.2, -0.15) is 13.2 Å². The third-order valence-corrected chi connectivity index (χ3v) is 2.35. The predicted molar refractivity (Wildman–Crippen MR) is 51.8 cm³/mol. The third kappa shape index (κ3) is 1.88. The number of para-hydroxylation sites is 1. The molecule has 3 nitrogen and oxygen atoms in total. The van der Waals surface area contributed by atoms with E-state index in [1.807, 2.05) is 0 Å². The second kappa shape index (κ2) is 3.79. The molecule has 0 aliphatic carbocycles. The summed E-state index contributed by atoms with van der Waals surface area (Å²) in [5.74, 6) is -0.350. The van der Waals surface area contributed by atoms with Crippen LogP contribution < -0.4 is 10.2 Å². The summed E-state index contributed by atoms with van der Waals surface area (Å²) in [6.07, 6.45) is -4.44. The monoisotopic (exact) mass is 230 g/mol. The van der Waals surface area contributed by atoms with Gasteiger partial charge in [-0.15, -0.1) is 0 Å². The maximum atomic E-state index is 12.7. The van der Waals surface area contributed by atoms with Crippen molar-refractivity contribution < 1.29 is 18.0 Å². The van der Waals surface area contributed by atoms with E-state index in [2.05, 4.69) is 5.32 Å². The van der Waals surface area contributed by atoms with Crippen LogP contribution in [0, 0.1) is 0 Å². The highest BCUT2D eigenvalue weighted by Gasteiger charge is 2.36. The molecule has 1 saturated heterocycles. The van der Waals surface area contributed by atoms with Gasteiger partial charge in [-0.1, -0.05) is 12.1 Å². The molecule has 1 amide bonds. The van der Waals surface area contributed by atoms with Gasteiger partial charge in [0.15, 0.2) is 0 Å². The molecular formula is C10H9F3N2O. The van der Waals surface area contributed by atoms with Crippen molar-refractivity contribution in [3.05, 3.63) is 29.8 Å². The second-order valence-electron chi connectivity index (χ2n) is 3.42. The van der Waals surface area contributed by atoms with Gasteiger partial charge in [-0.05, 0) is 12.1 Å². The van der Waals surface area contributed by atoms with Gasteiger partial charge < -0.3 is 0 Å². The molecule has 1 fully saturated rings. The van der Waals surface area contributed by atoms with Crippen LogP contribution in [0.15, 0.2) is 24.3 Å². The number of alkyl halides is 3. The fourth-order valence-electron chi connectivity index (χ4n) is 1.63. The lowest BCUT2D eigenvalue weighted by Crippen LogP contribution is -2.28. The number of hydrogen-bond donors (Lipinski definition) is 1. The Bertz CT molecular complexity index is 417. The molecule has 86 valence electrons. The molecule has 0 unspecified atom stereocenters. The van der Waals surface area contributed by atoms with E-state index in [0.717, 1.165) is 11.0 Å². The van der Waals surface area contributed by atoms with Crippen molar-refractivity contribution in [3.63, 3.8) is 0 Å². The Hall–Kier alpha value is -1.56. The van der Waals surface area contributed by atoms with Crippen LogP contribution in [0.3, 0.4) is 0 Å². The van der Waals surface area contributed by atoms with Gasteiger partial charge in [-0.3, -0.25) is 15.0 Å². The number of amides is 1. The van der Waals surface area contributed by atoms with Crippen LogP contribution in [0.25, 0.3) is 0 Å². The quantitative estimate of drug-likeness (QED) is 0.794. The Labute approximate surface area is 89.9 Å². The van der Waals surface area contributed by atoms with E-state index in [0.29, 0.717) is 0 Å². The van der Waals surface area contributed by atoms with E-state index in [1.54, 1.807) is 0 Å². The Morgan fingerprint density at radius 2 is 1.94 bits per heavy atom. The standard InChI is InChI=1S/C10H9F3N2O/c11-10(12,13)7-3-1-2-4-8(7)15-6-14-5-9(15)16/h1-4,14H,5-6H2. The minimum Gasteiger partial charge on any atom is -0.297 e. The van der Waals surface area contributed by atoms with Crippen molar-refractivity contribution in [2.45, 2.75) is 6.18 Å². The van der Waals surface area contributed by atoms with Crippen LogP contribution in [0.5, 0.6) is 0 Å². The molecule has 0 aromatic heterocycles. The zero-order valence-corrected chi connectivity index (χ0v) is 8.21. The van der Waals surface area contributed by atoms with Crippen LogP contribution in [0.4, 0.5) is 18.9 Å². The molecule has 0 radical (unpaired) electrons. The lowest BCUT2D eigenvalue weighted by Gasteiger charge is -2.20.